The summed E-state index contributed by atoms with van der Waals surface area (Å²) in [6, 6.07) is 8.44. The first-order valence-electron chi connectivity index (χ1n) is 12.2. The SMILES string of the molecule is Cc1cccc(CC[C@@](C)(O)/C=C/[C@@H]2[C@H]3CC(CCCCC(=O)N(C)C)=C[C@H]3C[C@H]2O)c1. The molecule has 0 heterocycles. The highest BCUT2D eigenvalue weighted by Gasteiger charge is 2.43. The van der Waals surface area contributed by atoms with Crippen LogP contribution in [0.5, 0.6) is 0 Å². The van der Waals surface area contributed by atoms with Gasteiger partial charge in [0.2, 0.25) is 5.91 Å². The maximum atomic E-state index is 11.7. The highest BCUT2D eigenvalue weighted by atomic mass is 16.3. The Morgan fingerprint density at radius 2 is 2.03 bits per heavy atom. The molecular formula is C28H41NO3. The lowest BCUT2D eigenvalue weighted by molar-refractivity contribution is -0.128. The summed E-state index contributed by atoms with van der Waals surface area (Å²) in [6.45, 7) is 3.96. The molecule has 2 N–H and O–H groups in total. The summed E-state index contributed by atoms with van der Waals surface area (Å²) in [5.74, 6) is 1.18. The minimum atomic E-state index is -0.880. The topological polar surface area (TPSA) is 60.8 Å². The predicted octanol–water partition coefficient (Wildman–Crippen LogP) is 4.83. The molecule has 1 amide bonds. The Labute approximate surface area is 194 Å². The van der Waals surface area contributed by atoms with Crippen LogP contribution in [0, 0.1) is 24.7 Å². The third-order valence-electron chi connectivity index (χ3n) is 7.27. The molecule has 1 fully saturated rings. The number of amides is 1. The van der Waals surface area contributed by atoms with Gasteiger partial charge in [0.15, 0.2) is 0 Å². The van der Waals surface area contributed by atoms with Gasteiger partial charge in [-0.25, -0.2) is 0 Å². The zero-order valence-electron chi connectivity index (χ0n) is 20.3. The lowest BCUT2D eigenvalue weighted by Gasteiger charge is -2.23. The van der Waals surface area contributed by atoms with Gasteiger partial charge in [0.25, 0.3) is 0 Å². The number of rotatable bonds is 10. The van der Waals surface area contributed by atoms with E-state index >= 15 is 0 Å². The summed E-state index contributed by atoms with van der Waals surface area (Å²) < 4.78 is 0. The quantitative estimate of drug-likeness (QED) is 0.406. The van der Waals surface area contributed by atoms with Crippen molar-refractivity contribution in [3.05, 3.63) is 59.2 Å². The van der Waals surface area contributed by atoms with Crippen molar-refractivity contribution in [2.45, 2.75) is 76.9 Å². The molecule has 32 heavy (non-hydrogen) atoms. The Hall–Kier alpha value is -1.91. The van der Waals surface area contributed by atoms with Crippen LogP contribution >= 0.6 is 0 Å². The number of nitrogens with zero attached hydrogens (tertiary/aromatic N) is 1. The van der Waals surface area contributed by atoms with Crippen LogP contribution in [0.1, 0.15) is 63.0 Å². The number of unbranched alkanes of at least 4 members (excludes halogenated alkanes) is 1. The van der Waals surface area contributed by atoms with Crippen LogP contribution in [0.25, 0.3) is 0 Å². The third kappa shape index (κ3) is 6.79. The summed E-state index contributed by atoms with van der Waals surface area (Å²) in [6.07, 6.45) is 13.0. The summed E-state index contributed by atoms with van der Waals surface area (Å²) in [5, 5.41) is 21.5. The lowest BCUT2D eigenvalue weighted by Crippen LogP contribution is -2.24. The molecule has 176 valence electrons. The first kappa shape index (κ1) is 24.7. The second-order valence-electron chi connectivity index (χ2n) is 10.4. The molecule has 4 nitrogen and oxygen atoms in total. The summed E-state index contributed by atoms with van der Waals surface area (Å²) in [5.41, 5.74) is 3.09. The van der Waals surface area contributed by atoms with Crippen LogP contribution in [-0.4, -0.2) is 46.8 Å². The molecule has 0 unspecified atom stereocenters. The molecule has 0 aromatic heterocycles. The molecule has 1 aromatic carbocycles. The van der Waals surface area contributed by atoms with Crippen molar-refractivity contribution in [2.24, 2.45) is 17.8 Å². The van der Waals surface area contributed by atoms with Crippen LogP contribution in [0.4, 0.5) is 0 Å². The number of hydrogen-bond donors (Lipinski definition) is 2. The van der Waals surface area contributed by atoms with Gasteiger partial charge in [0.05, 0.1) is 11.7 Å². The molecule has 0 radical (unpaired) electrons. The van der Waals surface area contributed by atoms with Crippen molar-refractivity contribution in [2.75, 3.05) is 14.1 Å². The highest BCUT2D eigenvalue weighted by molar-refractivity contribution is 5.75. The average molecular weight is 440 g/mol. The Bertz CT molecular complexity index is 839. The van der Waals surface area contributed by atoms with E-state index in [2.05, 4.69) is 43.3 Å². The van der Waals surface area contributed by atoms with E-state index in [0.717, 1.165) is 38.5 Å². The molecule has 1 saturated carbocycles. The van der Waals surface area contributed by atoms with E-state index in [1.807, 2.05) is 27.1 Å². The number of carbonyl (C=O) groups excluding carboxylic acids is 1. The van der Waals surface area contributed by atoms with Crippen molar-refractivity contribution < 1.29 is 15.0 Å². The molecule has 3 rings (SSSR count). The highest BCUT2D eigenvalue weighted by Crippen LogP contribution is 2.48. The van der Waals surface area contributed by atoms with E-state index in [1.165, 1.54) is 16.7 Å². The van der Waals surface area contributed by atoms with Gasteiger partial charge in [-0.15, -0.1) is 0 Å². The van der Waals surface area contributed by atoms with Gasteiger partial charge in [-0.2, -0.15) is 0 Å². The number of aliphatic hydroxyl groups is 2. The zero-order valence-corrected chi connectivity index (χ0v) is 20.3. The Morgan fingerprint density at radius 1 is 1.25 bits per heavy atom. The average Bonchev–Trinajstić information content (AvgIpc) is 3.24. The van der Waals surface area contributed by atoms with Gasteiger partial charge >= 0.3 is 0 Å². The third-order valence-corrected chi connectivity index (χ3v) is 7.27. The number of aliphatic hydroxyl groups excluding tert-OH is 1. The molecule has 4 heteroatoms. The van der Waals surface area contributed by atoms with Crippen molar-refractivity contribution in [1.82, 2.24) is 4.90 Å². The minimum absolute atomic E-state index is 0.106. The van der Waals surface area contributed by atoms with Crippen molar-refractivity contribution in [3.63, 3.8) is 0 Å². The summed E-state index contributed by atoms with van der Waals surface area (Å²) in [4.78, 5) is 13.4. The fourth-order valence-electron chi connectivity index (χ4n) is 5.31. The van der Waals surface area contributed by atoms with Gasteiger partial charge in [-0.1, -0.05) is 53.6 Å². The summed E-state index contributed by atoms with van der Waals surface area (Å²) in [7, 11) is 3.61. The molecule has 2 aliphatic carbocycles. The van der Waals surface area contributed by atoms with Crippen LogP contribution in [0.15, 0.2) is 48.1 Å². The van der Waals surface area contributed by atoms with E-state index in [0.29, 0.717) is 24.7 Å². The largest absolute Gasteiger partial charge is 0.392 e. The number of carbonyl (C=O) groups is 1. The van der Waals surface area contributed by atoms with E-state index < -0.39 is 5.60 Å². The monoisotopic (exact) mass is 439 g/mol. The summed E-state index contributed by atoms with van der Waals surface area (Å²) >= 11 is 0. The zero-order chi connectivity index (χ0) is 23.3. The molecule has 0 saturated heterocycles. The van der Waals surface area contributed by atoms with Gasteiger partial charge < -0.3 is 15.1 Å². The van der Waals surface area contributed by atoms with E-state index in [1.54, 1.807) is 4.90 Å². The van der Waals surface area contributed by atoms with Crippen LogP contribution in [-0.2, 0) is 11.2 Å². The van der Waals surface area contributed by atoms with Crippen LogP contribution in [0.3, 0.4) is 0 Å². The fourth-order valence-corrected chi connectivity index (χ4v) is 5.31. The number of aryl methyl sites for hydroxylation is 2. The van der Waals surface area contributed by atoms with Crippen molar-refractivity contribution in [3.8, 4) is 0 Å². The smallest absolute Gasteiger partial charge is 0.222 e. The molecule has 0 aliphatic heterocycles. The van der Waals surface area contributed by atoms with E-state index in [-0.39, 0.29) is 17.9 Å². The number of allylic oxidation sites excluding steroid dienone is 2. The minimum Gasteiger partial charge on any atom is -0.392 e. The molecule has 2 aliphatic rings. The standard InChI is InChI=1S/C28H41NO3/c1-20-8-7-10-21(16-20)12-14-28(2,32)15-13-24-25-18-22(17-23(25)19-26(24)30)9-5-6-11-27(31)29(3)4/h7-8,10,13,15-17,23-26,30,32H,5-6,9,11-12,14,18-19H2,1-4H3/b15-13+/t23-,24+,25-,26+,28+/m0/s1. The Balaban J connectivity index is 1.49. The molecular weight excluding hydrogens is 398 g/mol. The lowest BCUT2D eigenvalue weighted by atomic mass is 9.87. The van der Waals surface area contributed by atoms with Crippen LogP contribution < -0.4 is 0 Å². The first-order chi connectivity index (χ1) is 15.1. The molecule has 0 spiro atoms. The maximum Gasteiger partial charge on any atom is 0.222 e. The van der Waals surface area contributed by atoms with E-state index in [9.17, 15) is 15.0 Å². The van der Waals surface area contributed by atoms with Gasteiger partial charge in [0.1, 0.15) is 0 Å². The fraction of sp³-hybridized carbons (Fsp3) is 0.607. The van der Waals surface area contributed by atoms with Gasteiger partial charge in [-0.3, -0.25) is 4.79 Å². The van der Waals surface area contributed by atoms with Gasteiger partial charge in [0, 0.05) is 26.4 Å². The number of benzene rings is 1. The van der Waals surface area contributed by atoms with E-state index in [4.69, 9.17) is 0 Å². The molecule has 5 atom stereocenters. The first-order valence-corrected chi connectivity index (χ1v) is 12.2. The molecule has 0 bridgehead atoms. The Kier molecular flexibility index (Phi) is 8.35. The van der Waals surface area contributed by atoms with Gasteiger partial charge in [-0.05, 0) is 76.2 Å². The Morgan fingerprint density at radius 3 is 2.75 bits per heavy atom. The normalized spacial score (nSPS) is 26.8. The number of hydrogen-bond acceptors (Lipinski definition) is 3. The number of fused-ring (bicyclic) bond motifs is 1. The second-order valence-corrected chi connectivity index (χ2v) is 10.4. The van der Waals surface area contributed by atoms with Crippen molar-refractivity contribution in [1.29, 1.82) is 0 Å². The maximum absolute atomic E-state index is 11.7. The molecule has 1 aromatic rings. The predicted molar refractivity (Wildman–Crippen MR) is 130 cm³/mol. The second kappa shape index (κ2) is 10.8. The van der Waals surface area contributed by atoms with Crippen molar-refractivity contribution >= 4 is 5.91 Å². The van der Waals surface area contributed by atoms with Crippen LogP contribution in [0.2, 0.25) is 0 Å².